The molecule has 17 heavy (non-hydrogen) atoms. The lowest BCUT2D eigenvalue weighted by molar-refractivity contribution is 0.0443. The van der Waals surface area contributed by atoms with E-state index in [1.165, 1.54) is 12.1 Å². The molecule has 1 heterocycles. The molecular weight excluding hydrogens is 250 g/mol. The number of amides is 1. The maximum atomic E-state index is 11.2. The van der Waals surface area contributed by atoms with Crippen molar-refractivity contribution in [2.24, 2.45) is 4.36 Å². The summed E-state index contributed by atoms with van der Waals surface area (Å²) in [5, 5.41) is 0. The zero-order chi connectivity index (χ0) is 12.6. The van der Waals surface area contributed by atoms with E-state index in [2.05, 4.69) is 9.10 Å². The molecule has 0 radical (unpaired) electrons. The van der Waals surface area contributed by atoms with E-state index in [0.29, 0.717) is 0 Å². The Morgan fingerprint density at radius 3 is 2.41 bits per heavy atom. The molecule has 1 aliphatic rings. The van der Waals surface area contributed by atoms with Crippen LogP contribution in [0, 0.1) is 0 Å². The average molecular weight is 253 g/mol. The van der Waals surface area contributed by atoms with Crippen LogP contribution < -0.4 is 0 Å². The van der Waals surface area contributed by atoms with Gasteiger partial charge in [0, 0.05) is 5.56 Å². The molecule has 0 aromatic heterocycles. The van der Waals surface area contributed by atoms with E-state index in [1.54, 1.807) is 0 Å². The Balaban J connectivity index is 2.52. The summed E-state index contributed by atoms with van der Waals surface area (Å²) in [6.45, 7) is 0. The van der Waals surface area contributed by atoms with Gasteiger partial charge in [-0.05, 0) is 18.2 Å². The number of ether oxygens (including phenoxy) is 1. The van der Waals surface area contributed by atoms with Crippen LogP contribution in [0.3, 0.4) is 0 Å². The molecule has 7 nitrogen and oxygen atoms in total. The number of hydrogen-bond donors (Lipinski definition) is 0. The van der Waals surface area contributed by atoms with Crippen molar-refractivity contribution in [1.82, 2.24) is 0 Å². The summed E-state index contributed by atoms with van der Waals surface area (Å²) < 4.78 is 27.5. The van der Waals surface area contributed by atoms with Crippen molar-refractivity contribution in [3.63, 3.8) is 0 Å². The molecule has 0 aliphatic carbocycles. The number of fused-ring (bicyclic) bond motifs is 1. The maximum absolute atomic E-state index is 11.2. The monoisotopic (exact) mass is 253 g/mol. The van der Waals surface area contributed by atoms with Crippen LogP contribution in [0.5, 0.6) is 0 Å². The summed E-state index contributed by atoms with van der Waals surface area (Å²) in [6, 6.07) is 3.47. The Morgan fingerprint density at radius 1 is 1.12 bits per heavy atom. The third kappa shape index (κ3) is 1.97. The van der Waals surface area contributed by atoms with Gasteiger partial charge in [-0.3, -0.25) is 4.79 Å². The first-order valence-corrected chi connectivity index (χ1v) is 5.28. The number of cyclic esters (lactones) is 2. The van der Waals surface area contributed by atoms with Gasteiger partial charge in [-0.2, -0.15) is 8.42 Å². The molecule has 0 unspecified atom stereocenters. The largest absolute Gasteiger partial charge is 0.386 e. The van der Waals surface area contributed by atoms with E-state index in [4.69, 9.17) is 0 Å². The average Bonchev–Trinajstić information content (AvgIpc) is 2.53. The highest BCUT2D eigenvalue weighted by Crippen LogP contribution is 2.21. The summed E-state index contributed by atoms with van der Waals surface area (Å²) in [7, 11) is -2.87. The lowest BCUT2D eigenvalue weighted by Crippen LogP contribution is -1.99. The molecule has 8 heteroatoms. The predicted molar refractivity (Wildman–Crippen MR) is 51.9 cm³/mol. The Morgan fingerprint density at radius 2 is 1.76 bits per heavy atom. The number of esters is 2. The molecule has 0 N–H and O–H groups in total. The van der Waals surface area contributed by atoms with Gasteiger partial charge >= 0.3 is 22.4 Å². The molecule has 1 aromatic rings. The van der Waals surface area contributed by atoms with Crippen LogP contribution in [-0.4, -0.2) is 26.3 Å². The van der Waals surface area contributed by atoms with Gasteiger partial charge in [-0.25, -0.2) is 9.59 Å². The fourth-order valence-corrected chi connectivity index (χ4v) is 1.58. The number of carbonyl (C=O) groups is 3. The van der Waals surface area contributed by atoms with Crippen molar-refractivity contribution < 1.29 is 27.5 Å². The van der Waals surface area contributed by atoms with E-state index in [0.717, 1.165) is 6.07 Å². The van der Waals surface area contributed by atoms with Crippen LogP contribution in [0.1, 0.15) is 31.1 Å². The van der Waals surface area contributed by atoms with Crippen LogP contribution in [0.25, 0.3) is 0 Å². The second-order valence-electron chi connectivity index (χ2n) is 3.05. The van der Waals surface area contributed by atoms with Gasteiger partial charge in [-0.15, -0.1) is 0 Å². The zero-order valence-electron chi connectivity index (χ0n) is 8.04. The Hall–Kier alpha value is -2.35. The topological polar surface area (TPSA) is 107 Å². The van der Waals surface area contributed by atoms with Crippen LogP contribution in [0.2, 0.25) is 0 Å². The molecule has 0 atom stereocenters. The van der Waals surface area contributed by atoms with Crippen molar-refractivity contribution in [3.05, 3.63) is 34.9 Å². The van der Waals surface area contributed by atoms with Crippen molar-refractivity contribution in [2.45, 2.75) is 0 Å². The lowest BCUT2D eigenvalue weighted by atomic mass is 10.1. The third-order valence-corrected chi connectivity index (χ3v) is 2.36. The Bertz CT molecular complexity index is 679. The lowest BCUT2D eigenvalue weighted by Gasteiger charge is -1.95. The normalized spacial score (nSPS) is 12.9. The van der Waals surface area contributed by atoms with Crippen molar-refractivity contribution in [3.8, 4) is 0 Å². The van der Waals surface area contributed by atoms with Crippen molar-refractivity contribution in [1.29, 1.82) is 0 Å². The number of nitrogens with zero attached hydrogens (tertiary/aromatic N) is 1. The SMILES string of the molecule is O=C(N=S(=O)=O)c1ccc2c(c1)C(=O)OC2=O. The molecule has 1 amide bonds. The molecule has 0 saturated carbocycles. The minimum Gasteiger partial charge on any atom is -0.386 e. The molecular formula is C9H3NO6S. The first-order chi connectivity index (χ1) is 7.99. The highest BCUT2D eigenvalue weighted by molar-refractivity contribution is 7.62. The summed E-state index contributed by atoms with van der Waals surface area (Å²) in [5.41, 5.74) is -0.151. The first-order valence-electron chi connectivity index (χ1n) is 4.25. The predicted octanol–water partition coefficient (Wildman–Crippen LogP) is 0.200. The second kappa shape index (κ2) is 3.91. The van der Waals surface area contributed by atoms with Crippen LogP contribution in [0.15, 0.2) is 22.6 Å². The molecule has 2 rings (SSSR count). The van der Waals surface area contributed by atoms with Gasteiger partial charge in [0.15, 0.2) is 0 Å². The summed E-state index contributed by atoms with van der Waals surface area (Å²) >= 11 is 0. The van der Waals surface area contributed by atoms with E-state index in [1.807, 2.05) is 0 Å². The summed E-state index contributed by atoms with van der Waals surface area (Å²) in [6.07, 6.45) is 0. The van der Waals surface area contributed by atoms with Crippen molar-refractivity contribution >= 4 is 28.3 Å². The third-order valence-electron chi connectivity index (χ3n) is 2.05. The highest BCUT2D eigenvalue weighted by atomic mass is 32.2. The Kier molecular flexibility index (Phi) is 2.56. The van der Waals surface area contributed by atoms with Gasteiger partial charge in [0.05, 0.1) is 11.1 Å². The van der Waals surface area contributed by atoms with E-state index in [-0.39, 0.29) is 16.7 Å². The maximum Gasteiger partial charge on any atom is 0.346 e. The molecule has 0 bridgehead atoms. The van der Waals surface area contributed by atoms with E-state index < -0.39 is 28.3 Å². The fraction of sp³-hybridized carbons (Fsp3) is 0. The molecule has 0 saturated heterocycles. The fourth-order valence-electron chi connectivity index (χ4n) is 1.34. The van der Waals surface area contributed by atoms with Gasteiger partial charge in [0.1, 0.15) is 0 Å². The number of benzene rings is 1. The number of hydrogen-bond acceptors (Lipinski definition) is 6. The van der Waals surface area contributed by atoms with Gasteiger partial charge in [0.2, 0.25) is 0 Å². The van der Waals surface area contributed by atoms with Gasteiger partial charge < -0.3 is 4.74 Å². The second-order valence-corrected chi connectivity index (χ2v) is 3.67. The smallest absolute Gasteiger partial charge is 0.346 e. The summed E-state index contributed by atoms with van der Waals surface area (Å²) in [5.74, 6) is -2.69. The quantitative estimate of drug-likeness (QED) is 0.522. The van der Waals surface area contributed by atoms with Gasteiger partial charge in [-0.1, -0.05) is 4.36 Å². The van der Waals surface area contributed by atoms with Gasteiger partial charge in [0.25, 0.3) is 5.91 Å². The first kappa shape index (κ1) is 11.1. The molecule has 1 aromatic carbocycles. The zero-order valence-corrected chi connectivity index (χ0v) is 8.85. The van der Waals surface area contributed by atoms with Crippen LogP contribution in [0.4, 0.5) is 0 Å². The minimum atomic E-state index is -2.87. The number of carbonyl (C=O) groups excluding carboxylic acids is 3. The van der Waals surface area contributed by atoms with Crippen molar-refractivity contribution in [2.75, 3.05) is 0 Å². The van der Waals surface area contributed by atoms with Crippen LogP contribution in [-0.2, 0) is 15.2 Å². The minimum absolute atomic E-state index is 0.0368. The van der Waals surface area contributed by atoms with Crippen LogP contribution >= 0.6 is 0 Å². The summed E-state index contributed by atoms with van der Waals surface area (Å²) in [4.78, 5) is 33.5. The highest BCUT2D eigenvalue weighted by Gasteiger charge is 2.30. The van der Waals surface area contributed by atoms with E-state index >= 15 is 0 Å². The molecule has 1 aliphatic heterocycles. The molecule has 0 fully saturated rings. The molecule has 0 spiro atoms. The Labute approximate surface area is 95.7 Å². The van der Waals surface area contributed by atoms with E-state index in [9.17, 15) is 22.8 Å². The standard InChI is InChI=1S/C9H3NO6S/c11-7(10-17(14)15)4-1-2-5-6(3-4)9(13)16-8(5)12/h1-3H. The number of rotatable bonds is 1. The molecule has 86 valence electrons.